The van der Waals surface area contributed by atoms with Gasteiger partial charge in [-0.2, -0.15) is 0 Å². The second kappa shape index (κ2) is 3.94. The quantitative estimate of drug-likeness (QED) is 0.644. The van der Waals surface area contributed by atoms with Gasteiger partial charge < -0.3 is 4.74 Å². The minimum atomic E-state index is 0.481. The van der Waals surface area contributed by atoms with Crippen molar-refractivity contribution in [3.8, 4) is 0 Å². The first-order chi connectivity index (χ1) is 4.88. The number of ether oxygens (including phenoxy) is 1. The average molecular weight is 143 g/mol. The van der Waals surface area contributed by atoms with Crippen LogP contribution in [0.1, 0.15) is 26.7 Å². The van der Waals surface area contributed by atoms with Gasteiger partial charge >= 0.3 is 0 Å². The third-order valence-corrected chi connectivity index (χ3v) is 2.32. The van der Waals surface area contributed by atoms with Gasteiger partial charge in [0, 0.05) is 6.54 Å². The molecule has 0 bridgehead atoms. The molecule has 0 aromatic carbocycles. The summed E-state index contributed by atoms with van der Waals surface area (Å²) < 4.78 is 5.49. The zero-order chi connectivity index (χ0) is 7.40. The van der Waals surface area contributed by atoms with Crippen molar-refractivity contribution >= 4 is 0 Å². The first kappa shape index (κ1) is 8.02. The van der Waals surface area contributed by atoms with Gasteiger partial charge in [-0.3, -0.25) is 5.32 Å². The molecule has 1 saturated heterocycles. The van der Waals surface area contributed by atoms with Crippen LogP contribution in [0.4, 0.5) is 0 Å². The molecule has 2 heteroatoms. The maximum atomic E-state index is 5.49. The normalized spacial score (nSPS) is 26.1. The number of nitrogens with one attached hydrogen (secondary N) is 1. The van der Waals surface area contributed by atoms with Crippen LogP contribution in [0, 0.1) is 5.92 Å². The summed E-state index contributed by atoms with van der Waals surface area (Å²) in [6, 6.07) is 0. The molecule has 2 nitrogen and oxygen atoms in total. The van der Waals surface area contributed by atoms with Crippen LogP contribution < -0.4 is 5.32 Å². The fourth-order valence-corrected chi connectivity index (χ4v) is 1.54. The van der Waals surface area contributed by atoms with E-state index in [-0.39, 0.29) is 0 Å². The lowest BCUT2D eigenvalue weighted by Gasteiger charge is -2.18. The smallest absolute Gasteiger partial charge is 0.0970 e. The highest BCUT2D eigenvalue weighted by molar-refractivity contribution is 4.73. The van der Waals surface area contributed by atoms with E-state index in [4.69, 9.17) is 4.74 Å². The molecular formula is C8H17NO. The average Bonchev–Trinajstić information content (AvgIpc) is 2.43. The summed E-state index contributed by atoms with van der Waals surface area (Å²) in [7, 11) is 0. The molecule has 0 aromatic rings. The first-order valence-corrected chi connectivity index (χ1v) is 4.20. The van der Waals surface area contributed by atoms with Crippen LogP contribution in [-0.2, 0) is 4.74 Å². The Hall–Kier alpha value is -0.0800. The van der Waals surface area contributed by atoms with Crippen LogP contribution in [-0.4, -0.2) is 19.4 Å². The lowest BCUT2D eigenvalue weighted by molar-refractivity contribution is 0.0642. The molecule has 1 aliphatic rings. The van der Waals surface area contributed by atoms with Crippen molar-refractivity contribution in [3.05, 3.63) is 0 Å². The van der Waals surface area contributed by atoms with Gasteiger partial charge in [0.2, 0.25) is 0 Å². The summed E-state index contributed by atoms with van der Waals surface area (Å²) in [5.74, 6) is 0.759. The highest BCUT2D eigenvalue weighted by atomic mass is 16.5. The molecule has 1 unspecified atom stereocenters. The highest BCUT2D eigenvalue weighted by Gasteiger charge is 2.22. The van der Waals surface area contributed by atoms with Crippen LogP contribution in [0.15, 0.2) is 0 Å². The van der Waals surface area contributed by atoms with E-state index in [1.54, 1.807) is 0 Å². The maximum Gasteiger partial charge on any atom is 0.0970 e. The molecule has 60 valence electrons. The Morgan fingerprint density at radius 3 is 2.60 bits per heavy atom. The first-order valence-electron chi connectivity index (χ1n) is 4.20. The summed E-state index contributed by atoms with van der Waals surface area (Å²) in [5, 5.41) is 3.20. The number of hydrogen-bond donors (Lipinski definition) is 1. The van der Waals surface area contributed by atoms with Crippen molar-refractivity contribution in [2.45, 2.75) is 32.8 Å². The third kappa shape index (κ3) is 1.70. The van der Waals surface area contributed by atoms with Crippen molar-refractivity contribution in [1.29, 1.82) is 0 Å². The van der Waals surface area contributed by atoms with Crippen molar-refractivity contribution in [1.82, 2.24) is 5.32 Å². The molecule has 1 N–H and O–H groups in total. The Balaban J connectivity index is 2.29. The largest absolute Gasteiger partial charge is 0.361 e. The molecular weight excluding hydrogens is 126 g/mol. The van der Waals surface area contributed by atoms with Gasteiger partial charge in [-0.05, 0) is 5.92 Å². The molecule has 1 rings (SSSR count). The summed E-state index contributed by atoms with van der Waals surface area (Å²) >= 11 is 0. The zero-order valence-electron chi connectivity index (χ0n) is 6.89. The van der Waals surface area contributed by atoms with Gasteiger partial charge in [-0.1, -0.05) is 26.7 Å². The lowest BCUT2D eigenvalue weighted by atomic mass is 9.97. The van der Waals surface area contributed by atoms with E-state index in [9.17, 15) is 0 Å². The molecule has 0 aromatic heterocycles. The van der Waals surface area contributed by atoms with Crippen LogP contribution in [0.25, 0.3) is 0 Å². The monoisotopic (exact) mass is 143 g/mol. The molecule has 10 heavy (non-hydrogen) atoms. The van der Waals surface area contributed by atoms with Crippen LogP contribution in [0.3, 0.4) is 0 Å². The summed E-state index contributed by atoms with van der Waals surface area (Å²) in [6.45, 7) is 6.26. The minimum absolute atomic E-state index is 0.481. The number of rotatable bonds is 3. The Morgan fingerprint density at radius 2 is 2.20 bits per heavy atom. The summed E-state index contributed by atoms with van der Waals surface area (Å²) in [4.78, 5) is 0. The van der Waals surface area contributed by atoms with Crippen LogP contribution in [0.5, 0.6) is 0 Å². The highest BCUT2D eigenvalue weighted by Crippen LogP contribution is 2.17. The molecule has 1 fully saturated rings. The molecule has 1 atom stereocenters. The molecule has 0 spiro atoms. The molecule has 1 aliphatic heterocycles. The van der Waals surface area contributed by atoms with Crippen LogP contribution in [0.2, 0.25) is 0 Å². The van der Waals surface area contributed by atoms with Gasteiger partial charge in [0.25, 0.3) is 0 Å². The second-order valence-electron chi connectivity index (χ2n) is 2.88. The van der Waals surface area contributed by atoms with Crippen molar-refractivity contribution in [3.63, 3.8) is 0 Å². The fraction of sp³-hybridized carbons (Fsp3) is 1.00. The lowest BCUT2D eigenvalue weighted by Crippen LogP contribution is -2.23. The third-order valence-electron chi connectivity index (χ3n) is 2.32. The van der Waals surface area contributed by atoms with Crippen molar-refractivity contribution < 1.29 is 4.74 Å². The predicted molar refractivity (Wildman–Crippen MR) is 41.8 cm³/mol. The second-order valence-corrected chi connectivity index (χ2v) is 2.88. The number of hydrogen-bond acceptors (Lipinski definition) is 2. The Labute approximate surface area is 63.0 Å². The summed E-state index contributed by atoms with van der Waals surface area (Å²) in [5.41, 5.74) is 0. The predicted octanol–water partition coefficient (Wildman–Crippen LogP) is 1.37. The molecule has 0 radical (unpaired) electrons. The van der Waals surface area contributed by atoms with Crippen molar-refractivity contribution in [2.24, 2.45) is 5.92 Å². The van der Waals surface area contributed by atoms with E-state index < -0.39 is 0 Å². The van der Waals surface area contributed by atoms with Gasteiger partial charge in [0.05, 0.1) is 12.8 Å². The van der Waals surface area contributed by atoms with Crippen molar-refractivity contribution in [2.75, 3.05) is 13.3 Å². The van der Waals surface area contributed by atoms with E-state index >= 15 is 0 Å². The Bertz CT molecular complexity index is 85.3. The van der Waals surface area contributed by atoms with Gasteiger partial charge in [-0.15, -0.1) is 0 Å². The molecule has 1 heterocycles. The Morgan fingerprint density at radius 1 is 1.50 bits per heavy atom. The topological polar surface area (TPSA) is 21.3 Å². The van der Waals surface area contributed by atoms with E-state index in [0.29, 0.717) is 6.10 Å². The van der Waals surface area contributed by atoms with Gasteiger partial charge in [0.1, 0.15) is 0 Å². The minimum Gasteiger partial charge on any atom is -0.361 e. The fourth-order valence-electron chi connectivity index (χ4n) is 1.54. The maximum absolute atomic E-state index is 5.49. The molecule has 0 saturated carbocycles. The summed E-state index contributed by atoms with van der Waals surface area (Å²) in [6.07, 6.45) is 2.96. The zero-order valence-corrected chi connectivity index (χ0v) is 6.89. The Kier molecular flexibility index (Phi) is 3.16. The van der Waals surface area contributed by atoms with E-state index in [1.165, 1.54) is 12.8 Å². The van der Waals surface area contributed by atoms with E-state index in [1.807, 2.05) is 0 Å². The molecule has 0 amide bonds. The standard InChI is InChI=1S/C8H17NO/c1-3-7(4-2)8-5-9-6-10-8/h7-9H,3-6H2,1-2H3. The molecule has 0 aliphatic carbocycles. The van der Waals surface area contributed by atoms with Gasteiger partial charge in [0.15, 0.2) is 0 Å². The SMILES string of the molecule is CCC(CC)C1CNCO1. The van der Waals surface area contributed by atoms with Crippen LogP contribution >= 0.6 is 0 Å². The van der Waals surface area contributed by atoms with E-state index in [2.05, 4.69) is 19.2 Å². The van der Waals surface area contributed by atoms with Gasteiger partial charge in [-0.25, -0.2) is 0 Å². The van der Waals surface area contributed by atoms with E-state index in [0.717, 1.165) is 19.2 Å².